The Bertz CT molecular complexity index is 217. The van der Waals surface area contributed by atoms with Crippen molar-refractivity contribution in [3.63, 3.8) is 0 Å². The summed E-state index contributed by atoms with van der Waals surface area (Å²) in [4.78, 5) is 0. The second-order valence-corrected chi connectivity index (χ2v) is 2.96. The Labute approximate surface area is 79.1 Å². The summed E-state index contributed by atoms with van der Waals surface area (Å²) in [6.45, 7) is 2.10. The van der Waals surface area contributed by atoms with Crippen LogP contribution in [0.2, 0.25) is 0 Å². The van der Waals surface area contributed by atoms with E-state index >= 15 is 0 Å². The molecule has 0 aromatic carbocycles. The molecule has 0 bridgehead atoms. The van der Waals surface area contributed by atoms with E-state index in [1.807, 2.05) is 19.2 Å². The smallest absolute Gasteiger partial charge is 0.123 e. The van der Waals surface area contributed by atoms with Crippen molar-refractivity contribution in [3.05, 3.63) is 24.2 Å². The number of methoxy groups -OCH3 is 1. The monoisotopic (exact) mass is 183 g/mol. The summed E-state index contributed by atoms with van der Waals surface area (Å²) in [5.41, 5.74) is 0. The lowest BCUT2D eigenvalue weighted by Gasteiger charge is -2.22. The van der Waals surface area contributed by atoms with Gasteiger partial charge in [0.05, 0.1) is 18.4 Å². The van der Waals surface area contributed by atoms with E-state index in [9.17, 15) is 0 Å². The van der Waals surface area contributed by atoms with E-state index < -0.39 is 0 Å². The lowest BCUT2D eigenvalue weighted by Crippen LogP contribution is -2.30. The van der Waals surface area contributed by atoms with Gasteiger partial charge in [0, 0.05) is 7.11 Å². The van der Waals surface area contributed by atoms with Gasteiger partial charge in [0.25, 0.3) is 0 Å². The van der Waals surface area contributed by atoms with Crippen LogP contribution in [0.1, 0.15) is 25.1 Å². The Hall–Kier alpha value is -0.800. The van der Waals surface area contributed by atoms with Crippen molar-refractivity contribution in [1.82, 2.24) is 5.32 Å². The fraction of sp³-hybridized carbons (Fsp3) is 0.600. The summed E-state index contributed by atoms with van der Waals surface area (Å²) >= 11 is 0. The lowest BCUT2D eigenvalue weighted by atomic mass is 10.1. The fourth-order valence-corrected chi connectivity index (χ4v) is 1.52. The summed E-state index contributed by atoms with van der Waals surface area (Å²) in [5.74, 6) is 0.927. The van der Waals surface area contributed by atoms with Gasteiger partial charge >= 0.3 is 0 Å². The minimum atomic E-state index is 0.144. The van der Waals surface area contributed by atoms with Crippen LogP contribution in [0.15, 0.2) is 22.8 Å². The Morgan fingerprint density at radius 1 is 1.62 bits per heavy atom. The van der Waals surface area contributed by atoms with Crippen LogP contribution in [0.5, 0.6) is 0 Å². The van der Waals surface area contributed by atoms with Gasteiger partial charge in [0.15, 0.2) is 0 Å². The molecule has 0 saturated carbocycles. The zero-order valence-electron chi connectivity index (χ0n) is 8.41. The van der Waals surface area contributed by atoms with Crippen LogP contribution in [0.25, 0.3) is 0 Å². The van der Waals surface area contributed by atoms with Crippen molar-refractivity contribution >= 4 is 0 Å². The maximum atomic E-state index is 5.35. The van der Waals surface area contributed by atoms with E-state index in [0.29, 0.717) is 0 Å². The van der Waals surface area contributed by atoms with E-state index in [4.69, 9.17) is 9.15 Å². The highest BCUT2D eigenvalue weighted by Gasteiger charge is 2.21. The third-order valence-corrected chi connectivity index (χ3v) is 2.24. The fourth-order valence-electron chi connectivity index (χ4n) is 1.52. The first-order valence-electron chi connectivity index (χ1n) is 4.57. The van der Waals surface area contributed by atoms with Gasteiger partial charge in [-0.15, -0.1) is 0 Å². The predicted octanol–water partition coefficient (Wildman–Crippen LogP) is 1.97. The minimum Gasteiger partial charge on any atom is -0.468 e. The van der Waals surface area contributed by atoms with Crippen LogP contribution >= 0.6 is 0 Å². The van der Waals surface area contributed by atoms with Crippen LogP contribution in [0.4, 0.5) is 0 Å². The van der Waals surface area contributed by atoms with Crippen LogP contribution < -0.4 is 5.32 Å². The van der Waals surface area contributed by atoms with Crippen molar-refractivity contribution in [2.45, 2.75) is 25.5 Å². The summed E-state index contributed by atoms with van der Waals surface area (Å²) < 4.78 is 10.7. The molecule has 1 rings (SSSR count). The highest BCUT2D eigenvalue weighted by molar-refractivity contribution is 5.06. The first kappa shape index (κ1) is 10.3. The molecule has 74 valence electrons. The van der Waals surface area contributed by atoms with Gasteiger partial charge in [-0.3, -0.25) is 0 Å². The number of hydrogen-bond donors (Lipinski definition) is 1. The average Bonchev–Trinajstić information content (AvgIpc) is 2.66. The summed E-state index contributed by atoms with van der Waals surface area (Å²) in [6.07, 6.45) is 2.81. The highest BCUT2D eigenvalue weighted by Crippen LogP contribution is 2.20. The Balaban J connectivity index is 2.72. The molecule has 1 heterocycles. The number of rotatable bonds is 5. The Morgan fingerprint density at radius 2 is 2.38 bits per heavy atom. The van der Waals surface area contributed by atoms with Crippen molar-refractivity contribution in [3.8, 4) is 0 Å². The highest BCUT2D eigenvalue weighted by atomic mass is 16.5. The van der Waals surface area contributed by atoms with Crippen molar-refractivity contribution in [2.24, 2.45) is 0 Å². The minimum absolute atomic E-state index is 0.144. The standard InChI is InChI=1S/C10H17NO2/c1-4-8(12-3)10(11-2)9-6-5-7-13-9/h5-8,10-11H,4H2,1-3H3. The topological polar surface area (TPSA) is 34.4 Å². The molecule has 0 radical (unpaired) electrons. The molecule has 0 fully saturated rings. The number of furan rings is 1. The number of hydrogen-bond acceptors (Lipinski definition) is 3. The van der Waals surface area contributed by atoms with E-state index in [1.54, 1.807) is 13.4 Å². The molecule has 0 aliphatic heterocycles. The molecule has 1 aromatic heterocycles. The molecule has 3 heteroatoms. The molecule has 0 amide bonds. The molecule has 2 atom stereocenters. The third kappa shape index (κ3) is 2.32. The second kappa shape index (κ2) is 5.04. The molecular formula is C10H17NO2. The normalized spacial score (nSPS) is 15.6. The lowest BCUT2D eigenvalue weighted by molar-refractivity contribution is 0.0606. The number of ether oxygens (including phenoxy) is 1. The SMILES string of the molecule is CCC(OC)C(NC)c1ccco1. The average molecular weight is 183 g/mol. The molecular weight excluding hydrogens is 166 g/mol. The van der Waals surface area contributed by atoms with Gasteiger partial charge in [-0.05, 0) is 25.6 Å². The van der Waals surface area contributed by atoms with Crippen LogP contribution in [-0.2, 0) is 4.74 Å². The van der Waals surface area contributed by atoms with Gasteiger partial charge in [-0.1, -0.05) is 6.92 Å². The largest absolute Gasteiger partial charge is 0.468 e. The summed E-state index contributed by atoms with van der Waals surface area (Å²) in [6, 6.07) is 4.00. The zero-order chi connectivity index (χ0) is 9.68. The molecule has 0 saturated heterocycles. The number of likely N-dealkylation sites (N-methyl/N-ethyl adjacent to an activating group) is 1. The van der Waals surface area contributed by atoms with E-state index in [2.05, 4.69) is 12.2 Å². The summed E-state index contributed by atoms with van der Waals surface area (Å²) in [7, 11) is 3.64. The Morgan fingerprint density at radius 3 is 2.77 bits per heavy atom. The molecule has 1 N–H and O–H groups in total. The predicted molar refractivity (Wildman–Crippen MR) is 51.6 cm³/mol. The number of nitrogens with one attached hydrogen (secondary N) is 1. The Kier molecular flexibility index (Phi) is 3.99. The van der Waals surface area contributed by atoms with E-state index in [0.717, 1.165) is 12.2 Å². The quantitative estimate of drug-likeness (QED) is 0.757. The van der Waals surface area contributed by atoms with Gasteiger partial charge < -0.3 is 14.5 Å². The van der Waals surface area contributed by atoms with E-state index in [-0.39, 0.29) is 12.1 Å². The summed E-state index contributed by atoms with van der Waals surface area (Å²) in [5, 5.41) is 3.19. The zero-order valence-corrected chi connectivity index (χ0v) is 8.41. The molecule has 2 unspecified atom stereocenters. The molecule has 1 aromatic rings. The van der Waals surface area contributed by atoms with E-state index in [1.165, 1.54) is 0 Å². The van der Waals surface area contributed by atoms with Crippen molar-refractivity contribution in [1.29, 1.82) is 0 Å². The van der Waals surface area contributed by atoms with Gasteiger partial charge in [0.1, 0.15) is 5.76 Å². The molecule has 3 nitrogen and oxygen atoms in total. The maximum Gasteiger partial charge on any atom is 0.123 e. The van der Waals surface area contributed by atoms with Gasteiger partial charge in [-0.25, -0.2) is 0 Å². The van der Waals surface area contributed by atoms with Crippen LogP contribution in [0, 0.1) is 0 Å². The maximum absolute atomic E-state index is 5.35. The van der Waals surface area contributed by atoms with Gasteiger partial charge in [-0.2, -0.15) is 0 Å². The van der Waals surface area contributed by atoms with Gasteiger partial charge in [0.2, 0.25) is 0 Å². The molecule has 13 heavy (non-hydrogen) atoms. The second-order valence-electron chi connectivity index (χ2n) is 2.96. The van der Waals surface area contributed by atoms with Crippen molar-refractivity contribution in [2.75, 3.05) is 14.2 Å². The first-order valence-corrected chi connectivity index (χ1v) is 4.57. The van der Waals surface area contributed by atoms with Crippen LogP contribution in [0.3, 0.4) is 0 Å². The third-order valence-electron chi connectivity index (χ3n) is 2.24. The molecule has 0 spiro atoms. The van der Waals surface area contributed by atoms with Crippen LogP contribution in [-0.4, -0.2) is 20.3 Å². The van der Waals surface area contributed by atoms with Crippen molar-refractivity contribution < 1.29 is 9.15 Å². The molecule has 0 aliphatic rings. The first-order chi connectivity index (χ1) is 6.33. The molecule has 0 aliphatic carbocycles.